The summed E-state index contributed by atoms with van der Waals surface area (Å²) in [4.78, 5) is 29.9. The van der Waals surface area contributed by atoms with Crippen molar-refractivity contribution in [2.75, 3.05) is 19.6 Å². The molecule has 2 aliphatic rings. The number of Topliss-reactive ketones (excluding diaryl/α,β-unsaturated/α-hetero) is 1. The Hall–Kier alpha value is -1.65. The summed E-state index contributed by atoms with van der Waals surface area (Å²) >= 11 is 0. The fourth-order valence-electron chi connectivity index (χ4n) is 3.15. The number of nitrogens with two attached hydrogens (primary N) is 1. The van der Waals surface area contributed by atoms with Crippen molar-refractivity contribution in [3.05, 3.63) is 11.3 Å². The number of amides is 1. The first-order valence-electron chi connectivity index (χ1n) is 8.21. The van der Waals surface area contributed by atoms with Gasteiger partial charge in [0.05, 0.1) is 6.54 Å². The molecule has 2 rings (SSSR count). The Kier molecular flexibility index (Phi) is 5.37. The molecule has 5 nitrogen and oxygen atoms in total. The molecular formula is C17H27N3O2. The van der Waals surface area contributed by atoms with Crippen molar-refractivity contribution in [2.45, 2.75) is 46.5 Å². The van der Waals surface area contributed by atoms with Crippen LogP contribution < -0.4 is 5.73 Å². The van der Waals surface area contributed by atoms with E-state index in [1.165, 1.54) is 6.92 Å². The van der Waals surface area contributed by atoms with Crippen molar-refractivity contribution in [3.63, 3.8) is 0 Å². The Morgan fingerprint density at radius 3 is 2.64 bits per heavy atom. The highest BCUT2D eigenvalue weighted by Crippen LogP contribution is 2.27. The molecule has 0 aromatic rings. The topological polar surface area (TPSA) is 75.8 Å². The predicted octanol–water partition coefficient (Wildman–Crippen LogP) is 1.92. The summed E-state index contributed by atoms with van der Waals surface area (Å²) in [5.74, 6) is 1.12. The average molecular weight is 305 g/mol. The van der Waals surface area contributed by atoms with E-state index in [9.17, 15) is 9.59 Å². The molecule has 2 fully saturated rings. The molecule has 1 aliphatic heterocycles. The average Bonchev–Trinajstić information content (AvgIpc) is 2.94. The third-order valence-electron chi connectivity index (χ3n) is 4.86. The summed E-state index contributed by atoms with van der Waals surface area (Å²) in [6.07, 6.45) is 3.58. The minimum Gasteiger partial charge on any atom is -0.394 e. The monoisotopic (exact) mass is 305 g/mol. The summed E-state index contributed by atoms with van der Waals surface area (Å²) < 4.78 is 0. The zero-order valence-electron chi connectivity index (χ0n) is 13.9. The number of hydrogen-bond donors (Lipinski definition) is 1. The first-order valence-corrected chi connectivity index (χ1v) is 8.21. The van der Waals surface area contributed by atoms with Gasteiger partial charge in [0.2, 0.25) is 0 Å². The molecule has 1 saturated carbocycles. The van der Waals surface area contributed by atoms with E-state index < -0.39 is 0 Å². The highest BCUT2D eigenvalue weighted by molar-refractivity contribution is 6.09. The van der Waals surface area contributed by atoms with Crippen molar-refractivity contribution < 1.29 is 9.59 Å². The van der Waals surface area contributed by atoms with Crippen LogP contribution in [-0.4, -0.2) is 41.9 Å². The van der Waals surface area contributed by atoms with E-state index in [4.69, 9.17) is 5.73 Å². The molecule has 2 atom stereocenters. The standard InChI is InChI=1S/C17H27N3O2/c1-11-7-8-20(10-12(11)2)17(22)16(18)14-5-4-6-15(14)19-9-13(3)21/h11-12H,4-10,18H2,1-3H3/b16-14-,19-15?/t11-,12+/m1/s1. The smallest absolute Gasteiger partial charge is 0.270 e. The van der Waals surface area contributed by atoms with Crippen LogP contribution in [0.3, 0.4) is 0 Å². The number of ketones is 1. The third kappa shape index (κ3) is 3.76. The SMILES string of the molecule is CC(=O)CN=C1CCC/C1=C(/N)C(=O)N1CC[C@@H](C)[C@@H](C)C1. The van der Waals surface area contributed by atoms with Crippen molar-refractivity contribution in [1.82, 2.24) is 4.90 Å². The van der Waals surface area contributed by atoms with Crippen LogP contribution in [0.4, 0.5) is 0 Å². The lowest BCUT2D eigenvalue weighted by Crippen LogP contribution is -2.44. The van der Waals surface area contributed by atoms with Crippen LogP contribution >= 0.6 is 0 Å². The predicted molar refractivity (Wildman–Crippen MR) is 87.6 cm³/mol. The molecule has 22 heavy (non-hydrogen) atoms. The number of aliphatic imine (C=N–C) groups is 1. The van der Waals surface area contributed by atoms with Gasteiger partial charge in [-0.15, -0.1) is 0 Å². The van der Waals surface area contributed by atoms with Crippen molar-refractivity contribution >= 4 is 17.4 Å². The molecule has 0 unspecified atom stereocenters. The Labute approximate surface area is 132 Å². The van der Waals surface area contributed by atoms with Crippen LogP contribution in [0.25, 0.3) is 0 Å². The van der Waals surface area contributed by atoms with Gasteiger partial charge in [-0.1, -0.05) is 13.8 Å². The van der Waals surface area contributed by atoms with Crippen molar-refractivity contribution in [3.8, 4) is 0 Å². The maximum Gasteiger partial charge on any atom is 0.270 e. The molecular weight excluding hydrogens is 278 g/mol. The molecule has 1 amide bonds. The van der Waals surface area contributed by atoms with Crippen LogP contribution in [0.5, 0.6) is 0 Å². The van der Waals surface area contributed by atoms with E-state index in [0.717, 1.165) is 50.1 Å². The minimum atomic E-state index is -0.0637. The van der Waals surface area contributed by atoms with Crippen molar-refractivity contribution in [1.29, 1.82) is 0 Å². The lowest BCUT2D eigenvalue weighted by molar-refractivity contribution is -0.129. The number of hydrogen-bond acceptors (Lipinski definition) is 4. The van der Waals surface area contributed by atoms with Crippen LogP contribution in [0.2, 0.25) is 0 Å². The minimum absolute atomic E-state index is 0.0301. The largest absolute Gasteiger partial charge is 0.394 e. The highest BCUT2D eigenvalue weighted by Gasteiger charge is 2.29. The quantitative estimate of drug-likeness (QED) is 0.809. The van der Waals surface area contributed by atoms with E-state index in [2.05, 4.69) is 18.8 Å². The van der Waals surface area contributed by atoms with E-state index in [1.807, 2.05) is 4.90 Å². The van der Waals surface area contributed by atoms with Gasteiger partial charge in [0.1, 0.15) is 5.70 Å². The number of allylic oxidation sites excluding steroid dienone is 1. The fraction of sp³-hybridized carbons (Fsp3) is 0.706. The molecule has 0 radical (unpaired) electrons. The number of piperidine rings is 1. The van der Waals surface area contributed by atoms with Gasteiger partial charge in [0.25, 0.3) is 5.91 Å². The summed E-state index contributed by atoms with van der Waals surface area (Å²) in [6.45, 7) is 7.67. The van der Waals surface area contributed by atoms with Gasteiger partial charge in [0, 0.05) is 24.4 Å². The first kappa shape index (κ1) is 16.7. The second kappa shape index (κ2) is 7.07. The Morgan fingerprint density at radius 1 is 1.27 bits per heavy atom. The lowest BCUT2D eigenvalue weighted by Gasteiger charge is -2.35. The fourth-order valence-corrected chi connectivity index (χ4v) is 3.15. The summed E-state index contributed by atoms with van der Waals surface area (Å²) in [5.41, 5.74) is 8.19. The summed E-state index contributed by atoms with van der Waals surface area (Å²) in [6, 6.07) is 0. The maximum absolute atomic E-state index is 12.6. The van der Waals surface area contributed by atoms with E-state index in [0.29, 0.717) is 17.5 Å². The molecule has 122 valence electrons. The zero-order chi connectivity index (χ0) is 16.3. The molecule has 0 aromatic heterocycles. The lowest BCUT2D eigenvalue weighted by atomic mass is 9.88. The van der Waals surface area contributed by atoms with Gasteiger partial charge in [0.15, 0.2) is 5.78 Å². The van der Waals surface area contributed by atoms with Gasteiger partial charge in [-0.3, -0.25) is 14.6 Å². The number of rotatable bonds is 3. The molecule has 1 heterocycles. The molecule has 0 spiro atoms. The van der Waals surface area contributed by atoms with Gasteiger partial charge < -0.3 is 10.6 Å². The Morgan fingerprint density at radius 2 is 2.00 bits per heavy atom. The van der Waals surface area contributed by atoms with Crippen LogP contribution in [0.1, 0.15) is 46.5 Å². The first-order chi connectivity index (χ1) is 10.4. The second-order valence-corrected chi connectivity index (χ2v) is 6.71. The van der Waals surface area contributed by atoms with E-state index in [1.54, 1.807) is 0 Å². The van der Waals surface area contributed by atoms with E-state index >= 15 is 0 Å². The van der Waals surface area contributed by atoms with Gasteiger partial charge in [-0.2, -0.15) is 0 Å². The number of carbonyl (C=O) groups excluding carboxylic acids is 2. The normalized spacial score (nSPS) is 29.8. The zero-order valence-corrected chi connectivity index (χ0v) is 13.9. The highest BCUT2D eigenvalue weighted by atomic mass is 16.2. The van der Waals surface area contributed by atoms with Gasteiger partial charge >= 0.3 is 0 Å². The number of likely N-dealkylation sites (tertiary alicyclic amines) is 1. The molecule has 1 aliphatic carbocycles. The molecule has 0 bridgehead atoms. The van der Waals surface area contributed by atoms with Crippen molar-refractivity contribution in [2.24, 2.45) is 22.6 Å². The second-order valence-electron chi connectivity index (χ2n) is 6.71. The molecule has 1 saturated heterocycles. The Balaban J connectivity index is 2.14. The number of nitrogens with zero attached hydrogens (tertiary/aromatic N) is 2. The molecule has 2 N–H and O–H groups in total. The Bertz CT molecular complexity index is 522. The summed E-state index contributed by atoms with van der Waals surface area (Å²) in [7, 11) is 0. The van der Waals surface area contributed by atoms with Crippen LogP contribution in [0, 0.1) is 11.8 Å². The van der Waals surface area contributed by atoms with E-state index in [-0.39, 0.29) is 18.2 Å². The number of carbonyl (C=O) groups is 2. The van der Waals surface area contributed by atoms with Gasteiger partial charge in [-0.05, 0) is 44.4 Å². The third-order valence-corrected chi connectivity index (χ3v) is 4.86. The molecule has 0 aromatic carbocycles. The maximum atomic E-state index is 12.6. The van der Waals surface area contributed by atoms with Crippen LogP contribution in [-0.2, 0) is 9.59 Å². The van der Waals surface area contributed by atoms with Gasteiger partial charge in [-0.25, -0.2) is 0 Å². The summed E-state index contributed by atoms with van der Waals surface area (Å²) in [5, 5.41) is 0. The molecule has 5 heteroatoms. The van der Waals surface area contributed by atoms with Crippen LogP contribution in [0.15, 0.2) is 16.3 Å².